The Bertz CT molecular complexity index is 1360. The van der Waals surface area contributed by atoms with E-state index in [-0.39, 0.29) is 18.2 Å². The van der Waals surface area contributed by atoms with Crippen LogP contribution in [0.5, 0.6) is 11.5 Å². The normalized spacial score (nSPS) is 11.5. The Morgan fingerprint density at radius 3 is 2.66 bits per heavy atom. The van der Waals surface area contributed by atoms with Crippen molar-refractivity contribution in [2.24, 2.45) is 0 Å². The molecule has 182 valence electrons. The molecule has 0 spiro atoms. The zero-order chi connectivity index (χ0) is 25.0. The molecule has 0 fully saturated rings. The van der Waals surface area contributed by atoms with Crippen LogP contribution >= 0.6 is 11.8 Å². The average Bonchev–Trinajstić information content (AvgIpc) is 3.19. The lowest BCUT2D eigenvalue weighted by molar-refractivity contribution is -0.137. The fourth-order valence-electron chi connectivity index (χ4n) is 3.41. The van der Waals surface area contributed by atoms with Crippen molar-refractivity contribution in [1.82, 2.24) is 14.5 Å². The summed E-state index contributed by atoms with van der Waals surface area (Å²) in [5.74, 6) is 0.906. The molecule has 0 aliphatic rings. The highest BCUT2D eigenvalue weighted by molar-refractivity contribution is 7.98. The van der Waals surface area contributed by atoms with Gasteiger partial charge in [0.25, 0.3) is 0 Å². The summed E-state index contributed by atoms with van der Waals surface area (Å²) in [7, 11) is 3.02. The number of pyridine rings is 1. The molecule has 4 rings (SSSR count). The molecule has 35 heavy (non-hydrogen) atoms. The largest absolute Gasteiger partial charge is 0.497 e. The Hall–Kier alpha value is -3.73. The number of nitrogens with zero attached hydrogens (tertiary/aromatic N) is 3. The first kappa shape index (κ1) is 24.4. The Kier molecular flexibility index (Phi) is 7.15. The van der Waals surface area contributed by atoms with Crippen molar-refractivity contribution < 1.29 is 27.4 Å². The van der Waals surface area contributed by atoms with Crippen molar-refractivity contribution >= 4 is 34.5 Å². The highest BCUT2D eigenvalue weighted by Gasteiger charge is 2.30. The van der Waals surface area contributed by atoms with Crippen LogP contribution in [0.1, 0.15) is 11.1 Å². The van der Waals surface area contributed by atoms with Crippen molar-refractivity contribution in [3.8, 4) is 11.5 Å². The fourth-order valence-corrected chi connectivity index (χ4v) is 4.36. The minimum atomic E-state index is -4.42. The number of alkyl halides is 3. The second-order valence-electron chi connectivity index (χ2n) is 7.43. The Morgan fingerprint density at radius 2 is 1.91 bits per heavy atom. The van der Waals surface area contributed by atoms with Gasteiger partial charge in [0.2, 0.25) is 5.91 Å². The lowest BCUT2D eigenvalue weighted by Gasteiger charge is -2.13. The molecule has 1 N–H and O–H groups in total. The van der Waals surface area contributed by atoms with E-state index in [1.54, 1.807) is 47.2 Å². The minimum Gasteiger partial charge on any atom is -0.497 e. The van der Waals surface area contributed by atoms with Gasteiger partial charge in [0.15, 0.2) is 10.8 Å². The first-order chi connectivity index (χ1) is 16.8. The highest BCUT2D eigenvalue weighted by atomic mass is 32.2. The zero-order valence-electron chi connectivity index (χ0n) is 18.8. The van der Waals surface area contributed by atoms with E-state index >= 15 is 0 Å². The number of nitrogens with one attached hydrogen (secondary N) is 1. The Balaban J connectivity index is 1.56. The number of carbonyl (C=O) groups excluding carboxylic acids is 1. The van der Waals surface area contributed by atoms with E-state index in [0.717, 1.165) is 12.1 Å². The van der Waals surface area contributed by atoms with Gasteiger partial charge in [-0.2, -0.15) is 13.2 Å². The van der Waals surface area contributed by atoms with Crippen LogP contribution in [0.3, 0.4) is 0 Å². The number of methoxy groups -OCH3 is 2. The van der Waals surface area contributed by atoms with Crippen molar-refractivity contribution in [2.45, 2.75) is 23.6 Å². The van der Waals surface area contributed by atoms with Gasteiger partial charge in [-0.05, 0) is 35.9 Å². The number of benzene rings is 2. The highest BCUT2D eigenvalue weighted by Crippen LogP contribution is 2.32. The first-order valence-electron chi connectivity index (χ1n) is 10.4. The van der Waals surface area contributed by atoms with Crippen LogP contribution in [0.4, 0.5) is 18.9 Å². The third-order valence-corrected chi connectivity index (χ3v) is 6.12. The topological polar surface area (TPSA) is 78.3 Å². The molecule has 0 saturated carbocycles. The minimum absolute atomic E-state index is 0.104. The van der Waals surface area contributed by atoms with E-state index in [0.29, 0.717) is 39.1 Å². The smallest absolute Gasteiger partial charge is 0.416 e. The van der Waals surface area contributed by atoms with Gasteiger partial charge in [0, 0.05) is 18.0 Å². The second-order valence-corrected chi connectivity index (χ2v) is 8.37. The first-order valence-corrected chi connectivity index (χ1v) is 11.4. The van der Waals surface area contributed by atoms with Crippen LogP contribution < -0.4 is 14.8 Å². The number of ether oxygens (including phenoxy) is 2. The number of anilines is 1. The van der Waals surface area contributed by atoms with Gasteiger partial charge < -0.3 is 14.8 Å². The van der Waals surface area contributed by atoms with E-state index < -0.39 is 11.7 Å². The number of fused-ring (bicyclic) bond motifs is 1. The third-order valence-electron chi connectivity index (χ3n) is 5.08. The lowest BCUT2D eigenvalue weighted by atomic mass is 10.1. The molecule has 0 unspecified atom stereocenters. The second kappa shape index (κ2) is 10.3. The monoisotopic (exact) mass is 502 g/mol. The number of halogens is 3. The third kappa shape index (κ3) is 5.68. The number of imidazole rings is 1. The summed E-state index contributed by atoms with van der Waals surface area (Å²) >= 11 is 1.23. The van der Waals surface area contributed by atoms with Crippen LogP contribution in [0.25, 0.3) is 11.2 Å². The number of rotatable bonds is 8. The molecule has 2 aromatic heterocycles. The molecule has 0 atom stereocenters. The summed E-state index contributed by atoms with van der Waals surface area (Å²) in [5.41, 5.74) is 1.32. The van der Waals surface area contributed by atoms with Crippen molar-refractivity contribution in [1.29, 1.82) is 0 Å². The summed E-state index contributed by atoms with van der Waals surface area (Å²) in [6, 6.07) is 13.6. The quantitative estimate of drug-likeness (QED) is 0.325. The van der Waals surface area contributed by atoms with Crippen LogP contribution in [0.2, 0.25) is 0 Å². The molecule has 11 heteroatoms. The summed E-state index contributed by atoms with van der Waals surface area (Å²) in [6.45, 7) is -0.104. The van der Waals surface area contributed by atoms with Gasteiger partial charge in [0.05, 0.1) is 25.5 Å². The van der Waals surface area contributed by atoms with Crippen LogP contribution in [-0.2, 0) is 23.3 Å². The molecule has 0 bridgehead atoms. The SMILES string of the molecule is COc1ccc(NC(=O)Cn2c(SCc3cccc(C(F)(F)F)c3)nc3cccnc32)c(OC)c1. The van der Waals surface area contributed by atoms with Crippen LogP contribution in [0.15, 0.2) is 66.0 Å². The van der Waals surface area contributed by atoms with Gasteiger partial charge >= 0.3 is 6.18 Å². The molecule has 2 aromatic carbocycles. The molecular weight excluding hydrogens is 481 g/mol. The predicted octanol–water partition coefficient (Wildman–Crippen LogP) is 5.40. The van der Waals surface area contributed by atoms with E-state index in [1.165, 1.54) is 32.0 Å². The Labute approximate surface area is 203 Å². The molecule has 0 aliphatic carbocycles. The van der Waals surface area contributed by atoms with Gasteiger partial charge in [-0.1, -0.05) is 30.0 Å². The van der Waals surface area contributed by atoms with Crippen molar-refractivity contribution in [3.63, 3.8) is 0 Å². The van der Waals surface area contributed by atoms with Crippen LogP contribution in [0, 0.1) is 0 Å². The maximum Gasteiger partial charge on any atom is 0.416 e. The van der Waals surface area contributed by atoms with Gasteiger partial charge in [-0.3, -0.25) is 9.36 Å². The van der Waals surface area contributed by atoms with E-state index in [2.05, 4.69) is 15.3 Å². The zero-order valence-corrected chi connectivity index (χ0v) is 19.6. The molecule has 4 aromatic rings. The number of hydrogen-bond acceptors (Lipinski definition) is 6. The average molecular weight is 503 g/mol. The van der Waals surface area contributed by atoms with Crippen LogP contribution in [-0.4, -0.2) is 34.7 Å². The van der Waals surface area contributed by atoms with E-state index in [9.17, 15) is 18.0 Å². The molecular formula is C24H21F3N4O3S. The summed E-state index contributed by atoms with van der Waals surface area (Å²) in [4.78, 5) is 21.8. The number of aromatic nitrogens is 3. The molecule has 0 aliphatic heterocycles. The summed E-state index contributed by atoms with van der Waals surface area (Å²) in [6.07, 6.45) is -2.83. The van der Waals surface area contributed by atoms with Gasteiger partial charge in [-0.15, -0.1) is 0 Å². The molecule has 0 radical (unpaired) electrons. The molecule has 0 saturated heterocycles. The number of amides is 1. The molecule has 1 amide bonds. The lowest BCUT2D eigenvalue weighted by Crippen LogP contribution is -2.20. The van der Waals surface area contributed by atoms with E-state index in [1.807, 2.05) is 0 Å². The number of hydrogen-bond donors (Lipinski definition) is 1. The molecule has 2 heterocycles. The van der Waals surface area contributed by atoms with Gasteiger partial charge in [-0.25, -0.2) is 9.97 Å². The molecule has 7 nitrogen and oxygen atoms in total. The summed E-state index contributed by atoms with van der Waals surface area (Å²) < 4.78 is 51.3. The maximum atomic E-state index is 13.1. The van der Waals surface area contributed by atoms with E-state index in [4.69, 9.17) is 9.47 Å². The number of thioether (sulfide) groups is 1. The summed E-state index contributed by atoms with van der Waals surface area (Å²) in [5, 5.41) is 3.28. The predicted molar refractivity (Wildman–Crippen MR) is 127 cm³/mol. The number of carbonyl (C=O) groups is 1. The standard InChI is InChI=1S/C24H21F3N4O3S/c1-33-17-8-9-18(20(12-17)34-2)29-21(32)13-31-22-19(7-4-10-28-22)30-23(31)35-14-15-5-3-6-16(11-15)24(25,26)27/h3-12H,13-14H2,1-2H3,(H,29,32). The fraction of sp³-hybridized carbons (Fsp3) is 0.208. The maximum absolute atomic E-state index is 13.1. The van der Waals surface area contributed by atoms with Gasteiger partial charge in [0.1, 0.15) is 23.6 Å². The Morgan fingerprint density at radius 1 is 1.09 bits per heavy atom. The van der Waals surface area contributed by atoms with Crippen molar-refractivity contribution in [2.75, 3.05) is 19.5 Å². The van der Waals surface area contributed by atoms with Crippen molar-refractivity contribution in [3.05, 3.63) is 71.9 Å².